The molecule has 2 aromatic rings. The van der Waals surface area contributed by atoms with E-state index in [1.165, 1.54) is 16.7 Å². The van der Waals surface area contributed by atoms with E-state index in [1.807, 2.05) is 13.1 Å². The summed E-state index contributed by atoms with van der Waals surface area (Å²) in [6.45, 7) is 7.08. The van der Waals surface area contributed by atoms with Crippen molar-refractivity contribution in [3.8, 4) is 6.07 Å². The zero-order valence-electron chi connectivity index (χ0n) is 21.2. The van der Waals surface area contributed by atoms with Crippen molar-refractivity contribution in [1.29, 1.82) is 5.26 Å². The number of ether oxygens (including phenoxy) is 1. The lowest BCUT2D eigenvalue weighted by Crippen LogP contribution is -2.16. The SMILES string of the molecule is Cc1ccc(C2=C/C(=C\C=C3C=CC(=[N+](C)CCC#N)C=C3)OC(c3ccc(Br)c(C)c3)=C2)cc1C. The first-order valence-corrected chi connectivity index (χ1v) is 12.8. The van der Waals surface area contributed by atoms with E-state index in [0.717, 1.165) is 44.0 Å². The van der Waals surface area contributed by atoms with Gasteiger partial charge < -0.3 is 4.74 Å². The Labute approximate surface area is 222 Å². The highest BCUT2D eigenvalue weighted by atomic mass is 79.9. The van der Waals surface area contributed by atoms with Crippen LogP contribution in [0.2, 0.25) is 0 Å². The molecule has 0 atom stereocenters. The van der Waals surface area contributed by atoms with Gasteiger partial charge in [0.1, 0.15) is 18.6 Å². The molecule has 180 valence electrons. The zero-order valence-corrected chi connectivity index (χ0v) is 22.8. The Balaban J connectivity index is 1.67. The molecule has 0 N–H and O–H groups in total. The number of hydrogen-bond donors (Lipinski definition) is 0. The molecule has 1 heterocycles. The number of benzene rings is 2. The molecule has 0 aromatic heterocycles. The van der Waals surface area contributed by atoms with Crippen molar-refractivity contribution in [3.05, 3.63) is 129 Å². The highest BCUT2D eigenvalue weighted by molar-refractivity contribution is 9.10. The van der Waals surface area contributed by atoms with Gasteiger partial charge in [-0.1, -0.05) is 46.3 Å². The summed E-state index contributed by atoms with van der Waals surface area (Å²) in [6.07, 6.45) is 17.1. The van der Waals surface area contributed by atoms with E-state index >= 15 is 0 Å². The third-order valence-electron chi connectivity index (χ3n) is 6.43. The quantitative estimate of drug-likeness (QED) is 0.365. The van der Waals surface area contributed by atoms with Crippen molar-refractivity contribution in [1.82, 2.24) is 0 Å². The average molecular weight is 539 g/mol. The van der Waals surface area contributed by atoms with Crippen LogP contribution >= 0.6 is 15.9 Å². The Hall–Kier alpha value is -3.68. The van der Waals surface area contributed by atoms with Gasteiger partial charge in [0.2, 0.25) is 0 Å². The van der Waals surface area contributed by atoms with Crippen LogP contribution in [0.1, 0.15) is 34.2 Å². The summed E-state index contributed by atoms with van der Waals surface area (Å²) in [6, 6.07) is 15.1. The van der Waals surface area contributed by atoms with Gasteiger partial charge in [-0.25, -0.2) is 4.58 Å². The standard InChI is InChI=1S/C32H30BrN2O/c1-22-6-10-26(18-23(22)2)28-20-30(36-32(21-28)27-11-15-31(33)24(3)19-27)14-9-25-7-12-29(13-8-25)35(4)17-5-16-34/h6-15,18-21H,5,17H2,1-4H3/q+1/b25-9?,30-14+,35-29?. The molecule has 2 aliphatic rings. The Morgan fingerprint density at radius 1 is 0.889 bits per heavy atom. The zero-order chi connectivity index (χ0) is 25.7. The smallest absolute Gasteiger partial charge is 0.199 e. The van der Waals surface area contributed by atoms with E-state index < -0.39 is 0 Å². The van der Waals surface area contributed by atoms with E-state index in [9.17, 15) is 0 Å². The lowest BCUT2D eigenvalue weighted by Gasteiger charge is -2.19. The van der Waals surface area contributed by atoms with E-state index in [4.69, 9.17) is 10.00 Å². The number of aryl methyl sites for hydroxylation is 3. The summed E-state index contributed by atoms with van der Waals surface area (Å²) in [5.41, 5.74) is 9.22. The Bertz CT molecular complexity index is 1440. The predicted molar refractivity (Wildman–Crippen MR) is 153 cm³/mol. The first-order chi connectivity index (χ1) is 17.3. The van der Waals surface area contributed by atoms with E-state index in [1.54, 1.807) is 0 Å². The second-order valence-corrected chi connectivity index (χ2v) is 9.98. The maximum absolute atomic E-state index is 8.82. The van der Waals surface area contributed by atoms with Crippen molar-refractivity contribution < 1.29 is 9.31 Å². The largest absolute Gasteiger partial charge is 0.457 e. The average Bonchev–Trinajstić information content (AvgIpc) is 2.89. The molecular formula is C32H30BrN2O+. The number of allylic oxidation sites excluding steroid dienone is 10. The van der Waals surface area contributed by atoms with Crippen LogP contribution in [0.15, 0.2) is 101 Å². The monoisotopic (exact) mass is 537 g/mol. The fourth-order valence-electron chi connectivity index (χ4n) is 4.00. The third-order valence-corrected chi connectivity index (χ3v) is 7.32. The van der Waals surface area contributed by atoms with Gasteiger partial charge in [-0.05, 0) is 96.7 Å². The maximum atomic E-state index is 8.82. The van der Waals surface area contributed by atoms with Crippen LogP contribution < -0.4 is 0 Å². The van der Waals surface area contributed by atoms with Gasteiger partial charge in [-0.15, -0.1) is 0 Å². The fourth-order valence-corrected chi connectivity index (χ4v) is 4.24. The molecule has 1 aliphatic heterocycles. The molecule has 0 saturated heterocycles. The van der Waals surface area contributed by atoms with Crippen LogP contribution in [0.5, 0.6) is 0 Å². The molecule has 36 heavy (non-hydrogen) atoms. The van der Waals surface area contributed by atoms with Gasteiger partial charge in [0, 0.05) is 22.2 Å². The molecule has 0 fully saturated rings. The highest BCUT2D eigenvalue weighted by Gasteiger charge is 2.15. The Morgan fingerprint density at radius 3 is 2.31 bits per heavy atom. The topological polar surface area (TPSA) is 36.0 Å². The molecular weight excluding hydrogens is 508 g/mol. The molecule has 0 bridgehead atoms. The minimum Gasteiger partial charge on any atom is -0.457 e. The number of halogens is 1. The molecule has 2 aromatic carbocycles. The van der Waals surface area contributed by atoms with Crippen molar-refractivity contribution >= 4 is 33.0 Å². The summed E-state index contributed by atoms with van der Waals surface area (Å²) >= 11 is 3.60. The number of rotatable bonds is 5. The summed E-state index contributed by atoms with van der Waals surface area (Å²) in [5, 5.41) is 8.82. The Kier molecular flexibility index (Phi) is 8.03. The molecule has 0 radical (unpaired) electrons. The van der Waals surface area contributed by atoms with Crippen LogP contribution in [0, 0.1) is 32.1 Å². The van der Waals surface area contributed by atoms with Gasteiger partial charge in [0.05, 0.1) is 12.5 Å². The van der Waals surface area contributed by atoms with E-state index in [0.29, 0.717) is 13.0 Å². The minimum atomic E-state index is 0.511. The van der Waals surface area contributed by atoms with Gasteiger partial charge in [0.25, 0.3) is 0 Å². The van der Waals surface area contributed by atoms with E-state index in [2.05, 4.69) is 126 Å². The normalized spacial score (nSPS) is 15.8. The predicted octanol–water partition coefficient (Wildman–Crippen LogP) is 7.76. The molecule has 0 unspecified atom stereocenters. The lowest BCUT2D eigenvalue weighted by atomic mass is 9.97. The van der Waals surface area contributed by atoms with Gasteiger partial charge in [-0.2, -0.15) is 5.26 Å². The number of nitrogens with zero attached hydrogens (tertiary/aromatic N) is 2. The van der Waals surface area contributed by atoms with Crippen molar-refractivity contribution in [3.63, 3.8) is 0 Å². The number of nitriles is 1. The molecule has 4 heteroatoms. The van der Waals surface area contributed by atoms with Crippen LogP contribution in [0.3, 0.4) is 0 Å². The second kappa shape index (κ2) is 11.4. The van der Waals surface area contributed by atoms with Crippen LogP contribution in [0.4, 0.5) is 0 Å². The number of hydrogen-bond acceptors (Lipinski definition) is 2. The van der Waals surface area contributed by atoms with Gasteiger partial charge >= 0.3 is 0 Å². The highest BCUT2D eigenvalue weighted by Crippen LogP contribution is 2.33. The van der Waals surface area contributed by atoms with E-state index in [-0.39, 0.29) is 0 Å². The molecule has 0 amide bonds. The van der Waals surface area contributed by atoms with Gasteiger partial charge in [-0.3, -0.25) is 0 Å². The maximum Gasteiger partial charge on any atom is 0.199 e. The molecule has 3 nitrogen and oxygen atoms in total. The molecule has 0 spiro atoms. The van der Waals surface area contributed by atoms with Crippen LogP contribution in [0.25, 0.3) is 11.3 Å². The first kappa shape index (κ1) is 25.4. The van der Waals surface area contributed by atoms with Gasteiger partial charge in [0.15, 0.2) is 12.3 Å². The summed E-state index contributed by atoms with van der Waals surface area (Å²) < 4.78 is 9.53. The molecule has 1 aliphatic carbocycles. The fraction of sp³-hybridized carbons (Fsp3) is 0.188. The summed E-state index contributed by atoms with van der Waals surface area (Å²) in [4.78, 5) is 0. The Morgan fingerprint density at radius 2 is 1.61 bits per heavy atom. The summed E-state index contributed by atoms with van der Waals surface area (Å²) in [7, 11) is 2.00. The molecule has 0 saturated carbocycles. The lowest BCUT2D eigenvalue weighted by molar-refractivity contribution is -0.494. The van der Waals surface area contributed by atoms with Crippen LogP contribution in [-0.2, 0) is 4.74 Å². The van der Waals surface area contributed by atoms with Crippen molar-refractivity contribution in [2.45, 2.75) is 27.2 Å². The summed E-state index contributed by atoms with van der Waals surface area (Å²) in [5.74, 6) is 1.62. The van der Waals surface area contributed by atoms with Crippen molar-refractivity contribution in [2.24, 2.45) is 0 Å². The minimum absolute atomic E-state index is 0.511. The van der Waals surface area contributed by atoms with Crippen molar-refractivity contribution in [2.75, 3.05) is 13.6 Å². The third kappa shape index (κ3) is 6.11. The first-order valence-electron chi connectivity index (χ1n) is 12.0. The van der Waals surface area contributed by atoms with Crippen LogP contribution in [-0.4, -0.2) is 23.9 Å². The molecule has 4 rings (SSSR count). The second-order valence-electron chi connectivity index (χ2n) is 9.13.